The van der Waals surface area contributed by atoms with Gasteiger partial charge in [0.05, 0.1) is 14.5 Å². The normalized spacial score (nSPS) is 18.4. The first-order valence-corrected chi connectivity index (χ1v) is 25.9. The van der Waals surface area contributed by atoms with E-state index in [9.17, 15) is 0 Å². The molecule has 3 aliphatic rings. The molecule has 0 bridgehead atoms. The lowest BCUT2D eigenvalue weighted by Crippen LogP contribution is -2.54. The van der Waals surface area contributed by atoms with Crippen molar-refractivity contribution in [1.82, 2.24) is 4.57 Å². The Morgan fingerprint density at radius 3 is 2.38 bits per heavy atom. The minimum absolute atomic E-state index is 0.201. The number of imidazole rings is 1. The van der Waals surface area contributed by atoms with Gasteiger partial charge in [0, 0.05) is 56.1 Å². The molecule has 3 atom stereocenters. The second-order valence-electron chi connectivity index (χ2n) is 19.9. The minimum atomic E-state index is -1.71. The van der Waals surface area contributed by atoms with Gasteiger partial charge in [0.2, 0.25) is 5.69 Å². The van der Waals surface area contributed by atoms with Crippen LogP contribution in [0.5, 0.6) is 0 Å². The average molecular weight is 804 g/mol. The van der Waals surface area contributed by atoms with Gasteiger partial charge in [-0.15, -0.1) is 0 Å². The van der Waals surface area contributed by atoms with E-state index in [1.54, 1.807) is 5.19 Å². The summed E-state index contributed by atoms with van der Waals surface area (Å²) in [4.78, 5) is 0. The van der Waals surface area contributed by atoms with Crippen LogP contribution >= 0.6 is 0 Å². The highest BCUT2D eigenvalue weighted by molar-refractivity contribution is 6.89. The molecular formula is C55H57N3OSi+2. The van der Waals surface area contributed by atoms with Crippen molar-refractivity contribution < 1.29 is 13.6 Å². The molecule has 3 unspecified atom stereocenters. The number of fused-ring (bicyclic) bond motifs is 17. The molecule has 8 aromatic rings. The molecule has 60 heavy (non-hydrogen) atoms. The predicted molar refractivity (Wildman–Crippen MR) is 251 cm³/mol. The van der Waals surface area contributed by atoms with E-state index in [4.69, 9.17) is 11.0 Å². The van der Waals surface area contributed by atoms with Crippen LogP contribution in [-0.2, 0) is 12.8 Å². The molecule has 0 N–H and O–H groups in total. The first-order valence-electron chi connectivity index (χ1n) is 22.4. The van der Waals surface area contributed by atoms with E-state index in [2.05, 4.69) is 177 Å². The van der Waals surface area contributed by atoms with Gasteiger partial charge in [0.1, 0.15) is 22.5 Å². The van der Waals surface area contributed by atoms with E-state index in [0.29, 0.717) is 17.8 Å². The maximum atomic E-state index is 7.08. The number of para-hydroxylation sites is 3. The lowest BCUT2D eigenvalue weighted by atomic mass is 9.77. The summed E-state index contributed by atoms with van der Waals surface area (Å²) < 4.78 is 15.0. The largest absolute Gasteiger partial charge is 0.455 e. The molecule has 0 fully saturated rings. The third-order valence-corrected chi connectivity index (χ3v) is 16.3. The van der Waals surface area contributed by atoms with Crippen molar-refractivity contribution in [2.24, 2.45) is 5.92 Å². The zero-order valence-corrected chi connectivity index (χ0v) is 37.6. The van der Waals surface area contributed by atoms with Crippen LogP contribution in [0.25, 0.3) is 67.0 Å². The zero-order valence-electron chi connectivity index (χ0n) is 36.6. The first kappa shape index (κ1) is 37.5. The number of allylic oxidation sites excluding steroid dienone is 1. The number of furan rings is 1. The fraction of sp³-hybridized carbons (Fsp3) is 0.309. The number of aryl methyl sites for hydroxylation is 1. The van der Waals surface area contributed by atoms with Gasteiger partial charge in [0.15, 0.2) is 28.9 Å². The first-order chi connectivity index (χ1) is 28.9. The molecule has 6 heterocycles. The van der Waals surface area contributed by atoms with Crippen LogP contribution in [0.2, 0.25) is 19.6 Å². The second-order valence-corrected chi connectivity index (χ2v) is 24.9. The van der Waals surface area contributed by atoms with Crippen LogP contribution in [0.1, 0.15) is 105 Å². The lowest BCUT2D eigenvalue weighted by Gasteiger charge is -2.33. The highest BCUT2D eigenvalue weighted by Gasteiger charge is 2.46. The van der Waals surface area contributed by atoms with Crippen molar-refractivity contribution in [1.29, 1.82) is 0 Å². The van der Waals surface area contributed by atoms with Crippen molar-refractivity contribution in [3.63, 3.8) is 0 Å². The lowest BCUT2D eigenvalue weighted by molar-refractivity contribution is -0.719. The molecule has 300 valence electrons. The van der Waals surface area contributed by atoms with Crippen molar-refractivity contribution in [2.75, 3.05) is 0 Å². The van der Waals surface area contributed by atoms with Crippen molar-refractivity contribution in [3.05, 3.63) is 149 Å². The van der Waals surface area contributed by atoms with E-state index in [-0.39, 0.29) is 12.0 Å². The zero-order chi connectivity index (χ0) is 41.4. The van der Waals surface area contributed by atoms with Crippen LogP contribution in [0.15, 0.2) is 120 Å². The summed E-state index contributed by atoms with van der Waals surface area (Å²) in [6, 6.07) is 39.4. The SMILES string of the molecule is C=C1CC2C(CCc3ccc4c(oc5ccccc54)c3-c3n4c5c(cccc5[n+]31)C(C)c1cccc(C(C)C)c1-4)c1ccccc1-c1cc(CC(C)C)c([Si](C)(C)C)c[n+]12. The van der Waals surface area contributed by atoms with Crippen molar-refractivity contribution in [2.45, 2.75) is 104 Å². The Morgan fingerprint density at radius 2 is 1.58 bits per heavy atom. The molecule has 3 aromatic heterocycles. The van der Waals surface area contributed by atoms with Crippen LogP contribution in [-0.4, -0.2) is 12.6 Å². The van der Waals surface area contributed by atoms with E-state index < -0.39 is 8.07 Å². The van der Waals surface area contributed by atoms with E-state index >= 15 is 0 Å². The molecule has 0 radical (unpaired) electrons. The van der Waals surface area contributed by atoms with Gasteiger partial charge in [-0.05, 0) is 66.0 Å². The molecule has 4 nitrogen and oxygen atoms in total. The number of aromatic nitrogens is 3. The number of pyridine rings is 1. The molecular weight excluding hydrogens is 747 g/mol. The van der Waals surface area contributed by atoms with Gasteiger partial charge in [-0.2, -0.15) is 13.7 Å². The number of hydrogen-bond donors (Lipinski definition) is 0. The Bertz CT molecular complexity index is 3100. The molecule has 11 rings (SSSR count). The number of hydrogen-bond acceptors (Lipinski definition) is 1. The monoisotopic (exact) mass is 803 g/mol. The highest BCUT2D eigenvalue weighted by atomic mass is 28.3. The summed E-state index contributed by atoms with van der Waals surface area (Å²) in [5.41, 5.74) is 19.2. The van der Waals surface area contributed by atoms with Crippen LogP contribution < -0.4 is 14.3 Å². The Kier molecular flexibility index (Phi) is 8.43. The third-order valence-electron chi connectivity index (χ3n) is 14.3. The summed E-state index contributed by atoms with van der Waals surface area (Å²) in [6.07, 6.45) is 6.49. The third kappa shape index (κ3) is 5.40. The van der Waals surface area contributed by atoms with Gasteiger partial charge < -0.3 is 4.42 Å². The molecule has 0 saturated heterocycles. The fourth-order valence-corrected chi connectivity index (χ4v) is 13.2. The Labute approximate surface area is 355 Å². The Morgan fingerprint density at radius 1 is 0.833 bits per heavy atom. The maximum Gasteiger partial charge on any atom is 0.304 e. The number of nitrogens with zero attached hydrogens (tertiary/aromatic N) is 3. The molecule has 5 aromatic carbocycles. The van der Waals surface area contributed by atoms with Crippen molar-refractivity contribution >= 4 is 51.9 Å². The fourth-order valence-electron chi connectivity index (χ4n) is 11.6. The topological polar surface area (TPSA) is 25.8 Å². The van der Waals surface area contributed by atoms with Gasteiger partial charge in [-0.3, -0.25) is 0 Å². The summed E-state index contributed by atoms with van der Waals surface area (Å²) in [5, 5.41) is 3.92. The predicted octanol–water partition coefficient (Wildman–Crippen LogP) is 12.9. The van der Waals surface area contributed by atoms with Gasteiger partial charge in [0.25, 0.3) is 0 Å². The Hall–Kier alpha value is -5.52. The summed E-state index contributed by atoms with van der Waals surface area (Å²) in [6.45, 7) is 24.5. The number of rotatable bonds is 4. The van der Waals surface area contributed by atoms with E-state index in [1.807, 2.05) is 0 Å². The number of benzene rings is 5. The summed E-state index contributed by atoms with van der Waals surface area (Å²) in [5.74, 6) is 2.65. The summed E-state index contributed by atoms with van der Waals surface area (Å²) in [7, 11) is -1.71. The molecule has 0 aliphatic carbocycles. The summed E-state index contributed by atoms with van der Waals surface area (Å²) >= 11 is 0. The van der Waals surface area contributed by atoms with Crippen molar-refractivity contribution in [3.8, 4) is 28.3 Å². The van der Waals surface area contributed by atoms with Gasteiger partial charge in [-0.25, -0.2) is 0 Å². The molecule has 0 amide bonds. The molecule has 0 saturated carbocycles. The molecule has 3 aliphatic heterocycles. The smallest absolute Gasteiger partial charge is 0.304 e. The van der Waals surface area contributed by atoms with Gasteiger partial charge in [-0.1, -0.05) is 140 Å². The van der Waals surface area contributed by atoms with Crippen LogP contribution in [0.3, 0.4) is 0 Å². The highest BCUT2D eigenvalue weighted by Crippen LogP contribution is 2.50. The van der Waals surface area contributed by atoms with E-state index in [0.717, 1.165) is 47.9 Å². The molecule has 0 spiro atoms. The van der Waals surface area contributed by atoms with Crippen LogP contribution in [0, 0.1) is 5.92 Å². The standard InChI is InChI=1S/C55H57N3OSi/c1-32(2)28-37-30-48-42-17-11-10-16-41(42)43-26-24-36-25-27-45-44-18-12-13-23-49(44)59-54(45)51(36)55-57(34(5)29-47(43)56(48)31-50(37)60(7,8)9)46-22-15-21-40-35(6)39-20-14-19-38(33(3)4)52(39)58(55)53(40)46/h10-23,25,27,30-33,35,43,47H,5,24,26,28-29H2,1-4,6-9H3/q+2. The van der Waals surface area contributed by atoms with E-state index in [1.165, 1.54) is 78.1 Å². The quantitative estimate of drug-likeness (QED) is 0.129. The minimum Gasteiger partial charge on any atom is -0.455 e. The average Bonchev–Trinajstić information content (AvgIpc) is 3.78. The maximum absolute atomic E-state index is 7.08. The van der Waals surface area contributed by atoms with Gasteiger partial charge >= 0.3 is 5.82 Å². The Balaban J connectivity index is 1.25. The molecule has 5 heteroatoms. The van der Waals surface area contributed by atoms with Crippen LogP contribution in [0.4, 0.5) is 0 Å². The second kappa shape index (κ2) is 13.5.